The lowest BCUT2D eigenvalue weighted by molar-refractivity contribution is 0.0692. The number of benzene rings is 2. The third-order valence-electron chi connectivity index (χ3n) is 4.66. The summed E-state index contributed by atoms with van der Waals surface area (Å²) < 4.78 is 5.41. The van der Waals surface area contributed by atoms with Gasteiger partial charge in [-0.25, -0.2) is 4.79 Å². The molecule has 0 spiro atoms. The van der Waals surface area contributed by atoms with E-state index in [2.05, 4.69) is 0 Å². The first kappa shape index (κ1) is 17.0. The van der Waals surface area contributed by atoms with Gasteiger partial charge in [0.2, 0.25) is 0 Å². The topological polar surface area (TPSA) is 66.8 Å². The van der Waals surface area contributed by atoms with E-state index in [-0.39, 0.29) is 17.5 Å². The summed E-state index contributed by atoms with van der Waals surface area (Å²) >= 11 is 0. The van der Waals surface area contributed by atoms with Crippen molar-refractivity contribution in [1.29, 1.82) is 0 Å². The second-order valence-electron chi connectivity index (χ2n) is 6.19. The zero-order valence-corrected chi connectivity index (χ0v) is 14.1. The number of aromatic carboxylic acids is 1. The maximum Gasteiger partial charge on any atom is 0.335 e. The highest BCUT2D eigenvalue weighted by Gasteiger charge is 2.30. The third-order valence-corrected chi connectivity index (χ3v) is 4.66. The molecule has 1 N–H and O–H groups in total. The van der Waals surface area contributed by atoms with Crippen LogP contribution in [0, 0.1) is 0 Å². The van der Waals surface area contributed by atoms with Gasteiger partial charge >= 0.3 is 5.97 Å². The molecule has 1 heterocycles. The van der Waals surface area contributed by atoms with E-state index < -0.39 is 5.97 Å². The summed E-state index contributed by atoms with van der Waals surface area (Å²) in [5.74, 6) is -0.198. The lowest BCUT2D eigenvalue weighted by Gasteiger charge is -2.25. The largest absolute Gasteiger partial charge is 0.496 e. The van der Waals surface area contributed by atoms with E-state index in [0.29, 0.717) is 5.56 Å². The molecule has 2 aromatic carbocycles. The molecule has 1 saturated heterocycles. The Kier molecular flexibility index (Phi) is 5.03. The molecule has 25 heavy (non-hydrogen) atoms. The molecule has 0 radical (unpaired) electrons. The van der Waals surface area contributed by atoms with Crippen LogP contribution in [0.4, 0.5) is 0 Å². The summed E-state index contributed by atoms with van der Waals surface area (Å²) in [4.78, 5) is 25.7. The van der Waals surface area contributed by atoms with Crippen LogP contribution in [0.1, 0.15) is 39.1 Å². The maximum absolute atomic E-state index is 12.8. The number of carbonyl (C=O) groups excluding carboxylic acids is 1. The minimum absolute atomic E-state index is 0.0469. The van der Waals surface area contributed by atoms with E-state index in [1.165, 1.54) is 12.1 Å². The molecule has 5 heteroatoms. The molecule has 5 nitrogen and oxygen atoms in total. The Hall–Kier alpha value is -2.82. The fourth-order valence-electron chi connectivity index (χ4n) is 3.36. The van der Waals surface area contributed by atoms with Gasteiger partial charge in [-0.15, -0.1) is 0 Å². The smallest absolute Gasteiger partial charge is 0.335 e. The molecule has 2 aromatic rings. The Balaban J connectivity index is 1.76. The van der Waals surface area contributed by atoms with Gasteiger partial charge in [-0.1, -0.05) is 18.2 Å². The first-order chi connectivity index (χ1) is 12.1. The molecule has 1 aliphatic heterocycles. The summed E-state index contributed by atoms with van der Waals surface area (Å²) in [6.07, 6.45) is 2.68. The van der Waals surface area contributed by atoms with Crippen LogP contribution >= 0.6 is 0 Å². The molecule has 0 aromatic heterocycles. The van der Waals surface area contributed by atoms with Crippen LogP contribution in [0.15, 0.2) is 48.5 Å². The van der Waals surface area contributed by atoms with Crippen LogP contribution < -0.4 is 4.74 Å². The van der Waals surface area contributed by atoms with Crippen molar-refractivity contribution < 1.29 is 19.4 Å². The van der Waals surface area contributed by atoms with Gasteiger partial charge in [-0.05, 0) is 55.2 Å². The minimum atomic E-state index is -0.991. The fraction of sp³-hybridized carbons (Fsp3) is 0.300. The van der Waals surface area contributed by atoms with Crippen molar-refractivity contribution in [1.82, 2.24) is 4.90 Å². The Labute approximate surface area is 146 Å². The monoisotopic (exact) mass is 339 g/mol. The van der Waals surface area contributed by atoms with Gasteiger partial charge in [-0.2, -0.15) is 0 Å². The number of ether oxygens (including phenoxy) is 1. The van der Waals surface area contributed by atoms with Gasteiger partial charge in [0.05, 0.1) is 12.7 Å². The predicted molar refractivity (Wildman–Crippen MR) is 94.2 cm³/mol. The van der Waals surface area contributed by atoms with E-state index in [9.17, 15) is 9.59 Å². The van der Waals surface area contributed by atoms with E-state index in [4.69, 9.17) is 9.84 Å². The molecule has 0 aliphatic carbocycles. The number of carboxylic acids is 1. The quantitative estimate of drug-likeness (QED) is 0.908. The van der Waals surface area contributed by atoms with Gasteiger partial charge in [0.15, 0.2) is 0 Å². The standard InChI is InChI=1S/C20H21NO4/c1-25-18-7-3-2-5-16(18)13-17-6-4-12-21(17)19(22)14-8-10-15(11-9-14)20(23)24/h2-3,5,7-11,17H,4,6,12-13H2,1H3,(H,23,24). The molecule has 1 unspecified atom stereocenters. The Morgan fingerprint density at radius 1 is 1.12 bits per heavy atom. The molecular formula is C20H21NO4. The van der Waals surface area contributed by atoms with Crippen molar-refractivity contribution in [3.63, 3.8) is 0 Å². The van der Waals surface area contributed by atoms with Crippen LogP contribution in [0.2, 0.25) is 0 Å². The van der Waals surface area contributed by atoms with E-state index in [1.807, 2.05) is 29.2 Å². The molecule has 0 saturated carbocycles. The van der Waals surface area contributed by atoms with Crippen LogP contribution in [-0.4, -0.2) is 41.6 Å². The number of amides is 1. The van der Waals surface area contributed by atoms with Gasteiger partial charge < -0.3 is 14.7 Å². The molecule has 0 bridgehead atoms. The first-order valence-electron chi connectivity index (χ1n) is 8.36. The van der Waals surface area contributed by atoms with Crippen LogP contribution in [0.5, 0.6) is 5.75 Å². The minimum Gasteiger partial charge on any atom is -0.496 e. The van der Waals surface area contributed by atoms with Crippen molar-refractivity contribution in [2.24, 2.45) is 0 Å². The van der Waals surface area contributed by atoms with Gasteiger partial charge in [-0.3, -0.25) is 4.79 Å². The van der Waals surface area contributed by atoms with Crippen LogP contribution in [0.25, 0.3) is 0 Å². The summed E-state index contributed by atoms with van der Waals surface area (Å²) in [5, 5.41) is 8.97. The zero-order chi connectivity index (χ0) is 17.8. The number of para-hydroxylation sites is 1. The highest BCUT2D eigenvalue weighted by Crippen LogP contribution is 2.27. The molecule has 3 rings (SSSR count). The van der Waals surface area contributed by atoms with Crippen molar-refractivity contribution in [2.75, 3.05) is 13.7 Å². The van der Waals surface area contributed by atoms with Crippen LogP contribution in [-0.2, 0) is 6.42 Å². The maximum atomic E-state index is 12.8. The second kappa shape index (κ2) is 7.38. The molecule has 1 atom stereocenters. The van der Waals surface area contributed by atoms with Crippen LogP contribution in [0.3, 0.4) is 0 Å². The lowest BCUT2D eigenvalue weighted by atomic mass is 10.0. The lowest BCUT2D eigenvalue weighted by Crippen LogP contribution is -2.36. The molecule has 1 fully saturated rings. The van der Waals surface area contributed by atoms with Crippen molar-refractivity contribution >= 4 is 11.9 Å². The number of hydrogen-bond donors (Lipinski definition) is 1. The highest BCUT2D eigenvalue weighted by molar-refractivity contribution is 5.96. The Bertz CT molecular complexity index is 770. The SMILES string of the molecule is COc1ccccc1CC1CCCN1C(=O)c1ccc(C(=O)O)cc1. The van der Waals surface area contributed by atoms with E-state index in [1.54, 1.807) is 19.2 Å². The fourth-order valence-corrected chi connectivity index (χ4v) is 3.36. The summed E-state index contributed by atoms with van der Waals surface area (Å²) in [6.45, 7) is 0.722. The number of methoxy groups -OCH3 is 1. The second-order valence-corrected chi connectivity index (χ2v) is 6.19. The third kappa shape index (κ3) is 3.65. The number of rotatable bonds is 5. The molecular weight excluding hydrogens is 318 g/mol. The van der Waals surface area contributed by atoms with E-state index in [0.717, 1.165) is 37.1 Å². The van der Waals surface area contributed by atoms with Gasteiger partial charge in [0, 0.05) is 18.2 Å². The zero-order valence-electron chi connectivity index (χ0n) is 14.1. The van der Waals surface area contributed by atoms with Gasteiger partial charge in [0.25, 0.3) is 5.91 Å². The number of hydrogen-bond acceptors (Lipinski definition) is 3. The first-order valence-corrected chi connectivity index (χ1v) is 8.36. The average Bonchev–Trinajstić information content (AvgIpc) is 3.09. The van der Waals surface area contributed by atoms with E-state index >= 15 is 0 Å². The molecule has 1 aliphatic rings. The Morgan fingerprint density at radius 2 is 1.80 bits per heavy atom. The molecule has 1 amide bonds. The number of carboxylic acid groups (broad SMARTS) is 1. The summed E-state index contributed by atoms with van der Waals surface area (Å²) in [5.41, 5.74) is 1.80. The normalized spacial score (nSPS) is 16.7. The van der Waals surface area contributed by atoms with Crippen molar-refractivity contribution in [3.05, 3.63) is 65.2 Å². The molecule has 130 valence electrons. The summed E-state index contributed by atoms with van der Waals surface area (Å²) in [7, 11) is 1.65. The van der Waals surface area contributed by atoms with Crippen molar-refractivity contribution in [3.8, 4) is 5.75 Å². The van der Waals surface area contributed by atoms with Crippen molar-refractivity contribution in [2.45, 2.75) is 25.3 Å². The number of nitrogens with zero attached hydrogens (tertiary/aromatic N) is 1. The average molecular weight is 339 g/mol. The summed E-state index contributed by atoms with van der Waals surface area (Å²) in [6, 6.07) is 14.1. The number of likely N-dealkylation sites (tertiary alicyclic amines) is 1. The predicted octanol–water partition coefficient (Wildman–Crippen LogP) is 3.24. The highest BCUT2D eigenvalue weighted by atomic mass is 16.5. The van der Waals surface area contributed by atoms with Gasteiger partial charge in [0.1, 0.15) is 5.75 Å². The number of carbonyl (C=O) groups is 2. The Morgan fingerprint density at radius 3 is 2.48 bits per heavy atom.